The first-order chi connectivity index (χ1) is 38.4. The molecule has 0 saturated carbocycles. The fourth-order valence-corrected chi connectivity index (χ4v) is 8.00. The van der Waals surface area contributed by atoms with Crippen LogP contribution in [-0.4, -0.2) is 111 Å². The highest BCUT2D eigenvalue weighted by Gasteiger charge is 2.21. The summed E-state index contributed by atoms with van der Waals surface area (Å²) in [5.74, 6) is 2.33. The van der Waals surface area contributed by atoms with Crippen molar-refractivity contribution in [2.45, 2.75) is 103 Å². The molecule has 1 aliphatic rings. The number of nitrogens with zero attached hydrogens (tertiary/aromatic N) is 1. The molecule has 7 N–H and O–H groups in total. The standard InChI is InChI=1S/C48H55N5O7.C9H17NO2.CH3NO.2CH2O/c1-32(49-2)23-34-13-7-9-15-38(34)41-26-45(57-5)47(28-43(41)53-48(55)60-30-33-17-19-36(50-3)20-18-33)59-22-12-6-11-21-58-46-27-42-40(25-44(46)56-4)39-16-10-8-14-35(39)24-37(29-51-42)52-31-54;1-3-4-5-9(12)10-8(2)6-7-11;2-1-3;2*1-2/h7-10,13-20,25-29,31-32,37,49-50H,6,11-12,21-24,30H2,1-5H3,(H,52,54)(H,53,55);7-8H,3-6H2,1-2H3,(H,10,12);1H,(H2,2,3);2*1H2/t32-,37?;8-;;;/m10.../s1. The van der Waals surface area contributed by atoms with E-state index in [2.05, 4.69) is 57.4 Å². The summed E-state index contributed by atoms with van der Waals surface area (Å²) in [4.78, 5) is 75.0. The Labute approximate surface area is 464 Å². The van der Waals surface area contributed by atoms with Crippen LogP contribution in [0, 0.1) is 0 Å². The lowest BCUT2D eigenvalue weighted by molar-refractivity contribution is -0.122. The van der Waals surface area contributed by atoms with Crippen molar-refractivity contribution in [3.8, 4) is 45.3 Å². The van der Waals surface area contributed by atoms with Gasteiger partial charge in [0.2, 0.25) is 18.7 Å². The second-order valence-corrected chi connectivity index (χ2v) is 17.7. The number of nitrogens with one attached hydrogen (secondary N) is 5. The van der Waals surface area contributed by atoms with Gasteiger partial charge in [-0.3, -0.25) is 24.7 Å². The molecule has 0 aliphatic carbocycles. The number of carbonyl (C=O) groups is 7. The molecule has 19 nitrogen and oxygen atoms in total. The lowest BCUT2D eigenvalue weighted by atomic mass is 9.93. The average Bonchev–Trinajstić information content (AvgIpc) is 3.50. The van der Waals surface area contributed by atoms with E-state index in [0.717, 1.165) is 95.1 Å². The number of anilines is 2. The zero-order chi connectivity index (χ0) is 58.4. The summed E-state index contributed by atoms with van der Waals surface area (Å²) >= 11 is 0. The molecule has 426 valence electrons. The van der Waals surface area contributed by atoms with Crippen molar-refractivity contribution in [1.29, 1.82) is 0 Å². The van der Waals surface area contributed by atoms with Crippen LogP contribution in [-0.2, 0) is 53.0 Å². The van der Waals surface area contributed by atoms with E-state index in [4.69, 9.17) is 43.1 Å². The second-order valence-electron chi connectivity index (χ2n) is 17.7. The van der Waals surface area contributed by atoms with Gasteiger partial charge in [-0.15, -0.1) is 0 Å². The molecular formula is C60H79N7O12. The SMILES string of the molecule is C=O.C=O.CCCCC(=O)N[C@@H](C)CC=O.CNc1ccc(COC(=O)Nc2cc(OCCCCCOc3cc4c(cc3OC)-c3ccccc3CC(NC=O)C=N4)c(OC)cc2-c2ccccc2C[C@@H](C)NC)cc1.NC=O. The number of amides is 4. The molecule has 0 saturated heterocycles. The van der Waals surface area contributed by atoms with Crippen LogP contribution in [0.1, 0.15) is 82.4 Å². The average molecular weight is 1090 g/mol. The topological polar surface area (TPSA) is 264 Å². The molecule has 19 heteroatoms. The van der Waals surface area contributed by atoms with E-state index in [1.807, 2.05) is 120 Å². The molecular weight excluding hydrogens is 1010 g/mol. The molecule has 6 rings (SSSR count). The van der Waals surface area contributed by atoms with Crippen molar-refractivity contribution in [2.24, 2.45) is 10.7 Å². The largest absolute Gasteiger partial charge is 0.493 e. The molecule has 1 heterocycles. The number of unbranched alkanes of at least 4 members (excludes halogenated alkanes) is 3. The van der Waals surface area contributed by atoms with Crippen molar-refractivity contribution < 1.29 is 57.2 Å². The Morgan fingerprint density at radius 1 is 0.747 bits per heavy atom. The summed E-state index contributed by atoms with van der Waals surface area (Å²) in [6.45, 7) is 11.0. The lowest BCUT2D eigenvalue weighted by Crippen LogP contribution is -2.32. The first kappa shape index (κ1) is 66.5. The minimum Gasteiger partial charge on any atom is -0.493 e. The number of nitrogens with two attached hydrogens (primary N) is 1. The van der Waals surface area contributed by atoms with Crippen molar-refractivity contribution in [2.75, 3.05) is 52.2 Å². The minimum absolute atomic E-state index is 0.0214. The van der Waals surface area contributed by atoms with E-state index < -0.39 is 6.09 Å². The van der Waals surface area contributed by atoms with Gasteiger partial charge in [0, 0.05) is 67.1 Å². The number of hydrogen-bond donors (Lipinski definition) is 6. The van der Waals surface area contributed by atoms with Crippen molar-refractivity contribution in [3.05, 3.63) is 114 Å². The van der Waals surface area contributed by atoms with Crippen LogP contribution in [0.5, 0.6) is 23.0 Å². The summed E-state index contributed by atoms with van der Waals surface area (Å²) in [6.07, 6.45) is 9.65. The summed E-state index contributed by atoms with van der Waals surface area (Å²) in [6, 6.07) is 31.5. The fourth-order valence-electron chi connectivity index (χ4n) is 8.00. The number of benzene rings is 5. The molecule has 0 aromatic heterocycles. The van der Waals surface area contributed by atoms with Crippen LogP contribution in [0.25, 0.3) is 22.3 Å². The number of rotatable bonds is 26. The maximum absolute atomic E-state index is 13.3. The highest BCUT2D eigenvalue weighted by atomic mass is 16.5. The fraction of sp³-hybridized carbons (Fsp3) is 0.367. The maximum atomic E-state index is 13.3. The first-order valence-electron chi connectivity index (χ1n) is 25.9. The number of ether oxygens (including phenoxy) is 5. The van der Waals surface area contributed by atoms with Gasteiger partial charge in [-0.05, 0) is 112 Å². The first-order valence-corrected chi connectivity index (χ1v) is 25.9. The normalized spacial score (nSPS) is 12.3. The predicted octanol–water partition coefficient (Wildman–Crippen LogP) is 8.98. The van der Waals surface area contributed by atoms with Gasteiger partial charge in [-0.2, -0.15) is 0 Å². The van der Waals surface area contributed by atoms with E-state index >= 15 is 0 Å². The van der Waals surface area contributed by atoms with Crippen molar-refractivity contribution >= 4 is 68.0 Å². The van der Waals surface area contributed by atoms with E-state index in [0.29, 0.717) is 67.6 Å². The molecule has 5 aromatic carbocycles. The number of likely N-dealkylation sites (N-methyl/N-ethyl adjacent to an activating group) is 1. The molecule has 79 heavy (non-hydrogen) atoms. The Morgan fingerprint density at radius 3 is 1.95 bits per heavy atom. The molecule has 1 unspecified atom stereocenters. The molecule has 0 spiro atoms. The van der Waals surface area contributed by atoms with Gasteiger partial charge in [0.05, 0.1) is 44.8 Å². The van der Waals surface area contributed by atoms with Gasteiger partial charge in [-0.25, -0.2) is 4.79 Å². The van der Waals surface area contributed by atoms with Gasteiger partial charge >= 0.3 is 6.09 Å². The molecule has 0 radical (unpaired) electrons. The Kier molecular flexibility index (Phi) is 32.7. The summed E-state index contributed by atoms with van der Waals surface area (Å²) in [5.41, 5.74) is 13.3. The maximum Gasteiger partial charge on any atom is 0.411 e. The quantitative estimate of drug-likeness (QED) is 0.0223. The molecule has 0 fully saturated rings. The van der Waals surface area contributed by atoms with E-state index in [9.17, 15) is 19.2 Å². The number of aldehydes is 1. The Hall–Kier alpha value is -8.58. The Morgan fingerprint density at radius 2 is 1.35 bits per heavy atom. The Balaban J connectivity index is 0.000000970. The minimum atomic E-state index is -0.580. The van der Waals surface area contributed by atoms with Crippen molar-refractivity contribution in [3.63, 3.8) is 0 Å². The Bertz CT molecular complexity index is 2650. The summed E-state index contributed by atoms with van der Waals surface area (Å²) in [5, 5.41) is 15.0. The van der Waals surface area contributed by atoms with E-state index in [1.165, 1.54) is 0 Å². The number of primary amides is 1. The van der Waals surface area contributed by atoms with Crippen LogP contribution in [0.15, 0.2) is 102 Å². The molecule has 0 bridgehead atoms. The van der Waals surface area contributed by atoms with Gasteiger partial charge in [-0.1, -0.05) is 74.0 Å². The number of carbonyl (C=O) groups excluding carboxylic acids is 7. The van der Waals surface area contributed by atoms with Crippen LogP contribution in [0.2, 0.25) is 0 Å². The van der Waals surface area contributed by atoms with Crippen LogP contribution < -0.4 is 51.3 Å². The number of hydrogen-bond acceptors (Lipinski definition) is 15. The number of aliphatic imine (C=N–C) groups is 1. The van der Waals surface area contributed by atoms with Gasteiger partial charge in [0.25, 0.3) is 0 Å². The second kappa shape index (κ2) is 38.9. The monoisotopic (exact) mass is 1090 g/mol. The third kappa shape index (κ3) is 22.9. The number of fused-ring (bicyclic) bond motifs is 3. The van der Waals surface area contributed by atoms with Crippen LogP contribution in [0.4, 0.5) is 21.9 Å². The molecule has 3 atom stereocenters. The highest BCUT2D eigenvalue weighted by molar-refractivity contribution is 5.94. The molecule has 1 aliphatic heterocycles. The zero-order valence-electron chi connectivity index (χ0n) is 46.6. The smallest absolute Gasteiger partial charge is 0.411 e. The third-order valence-corrected chi connectivity index (χ3v) is 12.1. The van der Waals surface area contributed by atoms with Crippen LogP contribution in [0.3, 0.4) is 0 Å². The molecule has 5 aromatic rings. The lowest BCUT2D eigenvalue weighted by Gasteiger charge is -2.21. The molecule has 4 amide bonds. The van der Waals surface area contributed by atoms with Gasteiger partial charge in [0.1, 0.15) is 26.5 Å². The highest BCUT2D eigenvalue weighted by Crippen LogP contribution is 2.43. The van der Waals surface area contributed by atoms with Crippen molar-refractivity contribution in [1.82, 2.24) is 16.0 Å². The number of methoxy groups -OCH3 is 2. The third-order valence-electron chi connectivity index (χ3n) is 12.1. The summed E-state index contributed by atoms with van der Waals surface area (Å²) in [7, 11) is 7.05. The summed E-state index contributed by atoms with van der Waals surface area (Å²) < 4.78 is 29.8. The van der Waals surface area contributed by atoms with Gasteiger partial charge in [0.15, 0.2) is 23.0 Å². The zero-order valence-corrected chi connectivity index (χ0v) is 46.6. The van der Waals surface area contributed by atoms with E-state index in [1.54, 1.807) is 20.4 Å². The van der Waals surface area contributed by atoms with Gasteiger partial charge < -0.3 is 65.1 Å². The predicted molar refractivity (Wildman–Crippen MR) is 311 cm³/mol. The van der Waals surface area contributed by atoms with Crippen LogP contribution >= 0.6 is 0 Å². The van der Waals surface area contributed by atoms with E-state index in [-0.39, 0.29) is 37.0 Å².